The van der Waals surface area contributed by atoms with Crippen molar-refractivity contribution in [3.8, 4) is 0 Å². The van der Waals surface area contributed by atoms with Crippen LogP contribution in [0.15, 0.2) is 6.07 Å². The Labute approximate surface area is 119 Å². The Morgan fingerprint density at radius 1 is 1.14 bits per heavy atom. The molecule has 13 nitrogen and oxygen atoms in total. The molecular weight excluding hydrogens is 316 g/mol. The van der Waals surface area contributed by atoms with E-state index in [4.69, 9.17) is 17.4 Å². The average molecular weight is 320 g/mol. The second-order valence-corrected chi connectivity index (χ2v) is 3.64. The number of nitrogens with one attached hydrogen (secondary N) is 1. The van der Waals surface area contributed by atoms with E-state index in [9.17, 15) is 35.1 Å². The standard InChI is InChI=1S/C7H4ClN6O7/c8-4-2(12(16)17)1-3(13(18)19)5(6(4)14(20)21)10-7(15)11-9/h1H,9H2,(H,11,15). The van der Waals surface area contributed by atoms with Crippen molar-refractivity contribution >= 4 is 40.4 Å². The average Bonchev–Trinajstić information content (AvgIpc) is 2.37. The van der Waals surface area contributed by atoms with Gasteiger partial charge in [0.15, 0.2) is 5.02 Å². The lowest BCUT2D eigenvalue weighted by Gasteiger charge is -2.05. The van der Waals surface area contributed by atoms with Crippen LogP contribution in [-0.2, 0) is 0 Å². The molecule has 0 spiro atoms. The number of amides is 2. The number of nitro groups is 3. The van der Waals surface area contributed by atoms with E-state index >= 15 is 0 Å². The van der Waals surface area contributed by atoms with E-state index in [1.165, 1.54) is 5.43 Å². The third kappa shape index (κ3) is 3.10. The lowest BCUT2D eigenvalue weighted by atomic mass is 10.2. The molecule has 2 amide bonds. The Morgan fingerprint density at radius 2 is 1.67 bits per heavy atom. The highest BCUT2D eigenvalue weighted by atomic mass is 35.5. The Kier molecular flexibility index (Phi) is 4.52. The van der Waals surface area contributed by atoms with E-state index in [0.29, 0.717) is 6.07 Å². The van der Waals surface area contributed by atoms with Crippen molar-refractivity contribution in [2.24, 2.45) is 5.84 Å². The zero-order valence-electron chi connectivity index (χ0n) is 9.68. The third-order valence-electron chi connectivity index (χ3n) is 2.09. The van der Waals surface area contributed by atoms with E-state index in [-0.39, 0.29) is 0 Å². The van der Waals surface area contributed by atoms with Crippen molar-refractivity contribution in [3.05, 3.63) is 41.4 Å². The molecule has 111 valence electrons. The lowest BCUT2D eigenvalue weighted by molar-refractivity contribution is -0.402. The topological polar surface area (TPSA) is 199 Å². The summed E-state index contributed by atoms with van der Waals surface area (Å²) in [5.74, 6) is 4.71. The molecule has 0 saturated heterocycles. The molecule has 1 radical (unpaired) electrons. The number of nitrogens with two attached hydrogens (primary N) is 1. The van der Waals surface area contributed by atoms with Crippen LogP contribution < -0.4 is 16.6 Å². The van der Waals surface area contributed by atoms with E-state index in [0.717, 1.165) is 0 Å². The van der Waals surface area contributed by atoms with E-state index in [2.05, 4.69) is 5.32 Å². The summed E-state index contributed by atoms with van der Waals surface area (Å²) in [7, 11) is 0. The molecule has 0 aliphatic rings. The molecule has 1 rings (SSSR count). The molecule has 0 fully saturated rings. The van der Waals surface area contributed by atoms with Gasteiger partial charge in [-0.15, -0.1) is 0 Å². The predicted molar refractivity (Wildman–Crippen MR) is 65.9 cm³/mol. The molecule has 14 heteroatoms. The van der Waals surface area contributed by atoms with Gasteiger partial charge in [0.05, 0.1) is 20.8 Å². The fraction of sp³-hybridized carbons (Fsp3) is 0. The maximum atomic E-state index is 11.0. The highest BCUT2D eigenvalue weighted by Crippen LogP contribution is 2.45. The fourth-order valence-corrected chi connectivity index (χ4v) is 1.57. The van der Waals surface area contributed by atoms with Crippen LogP contribution in [0.1, 0.15) is 0 Å². The second-order valence-electron chi connectivity index (χ2n) is 3.26. The maximum absolute atomic E-state index is 11.0. The largest absolute Gasteiger partial charge is 0.356 e. The SMILES string of the molecule is NNC(=O)[N]c1c([N+](=O)[O-])cc([N+](=O)[O-])c(Cl)c1[N+](=O)[O-]. The molecule has 21 heavy (non-hydrogen) atoms. The summed E-state index contributed by atoms with van der Waals surface area (Å²) in [5, 5.41) is 34.5. The molecule has 0 saturated carbocycles. The number of benzene rings is 1. The quantitative estimate of drug-likeness (QED) is 0.352. The second kappa shape index (κ2) is 5.93. The Hall–Kier alpha value is -3.06. The Balaban J connectivity index is 3.76. The zero-order chi connectivity index (χ0) is 16.3. The van der Waals surface area contributed by atoms with Crippen LogP contribution >= 0.6 is 11.6 Å². The van der Waals surface area contributed by atoms with Crippen molar-refractivity contribution in [1.29, 1.82) is 0 Å². The number of halogens is 1. The van der Waals surface area contributed by atoms with Crippen LogP contribution in [0.5, 0.6) is 0 Å². The Morgan fingerprint density at radius 3 is 2.05 bits per heavy atom. The number of nitro benzene ring substituents is 3. The van der Waals surface area contributed by atoms with Crippen molar-refractivity contribution in [1.82, 2.24) is 10.7 Å². The van der Waals surface area contributed by atoms with E-state index in [1.807, 2.05) is 0 Å². The molecule has 0 aliphatic carbocycles. The van der Waals surface area contributed by atoms with Crippen LogP contribution in [0.2, 0.25) is 5.02 Å². The summed E-state index contributed by atoms with van der Waals surface area (Å²) in [6.07, 6.45) is 0. The summed E-state index contributed by atoms with van der Waals surface area (Å²) in [4.78, 5) is 39.9. The van der Waals surface area contributed by atoms with E-state index in [1.54, 1.807) is 0 Å². The summed E-state index contributed by atoms with van der Waals surface area (Å²) in [5.41, 5.74) is -3.03. The molecule has 1 aromatic rings. The van der Waals surface area contributed by atoms with E-state index < -0.39 is 48.6 Å². The van der Waals surface area contributed by atoms with Gasteiger partial charge in [0.1, 0.15) is 0 Å². The van der Waals surface area contributed by atoms with Gasteiger partial charge in [0.2, 0.25) is 5.69 Å². The zero-order valence-corrected chi connectivity index (χ0v) is 10.4. The van der Waals surface area contributed by atoms with Gasteiger partial charge >= 0.3 is 23.1 Å². The van der Waals surface area contributed by atoms with Crippen molar-refractivity contribution in [2.75, 3.05) is 0 Å². The normalized spacial score (nSPS) is 9.81. The van der Waals surface area contributed by atoms with Gasteiger partial charge in [0, 0.05) is 0 Å². The van der Waals surface area contributed by atoms with Gasteiger partial charge in [-0.05, 0) is 0 Å². The summed E-state index contributed by atoms with van der Waals surface area (Å²) < 4.78 is 0. The molecule has 1 aromatic carbocycles. The minimum absolute atomic E-state index is 0.359. The summed E-state index contributed by atoms with van der Waals surface area (Å²) >= 11 is 5.48. The van der Waals surface area contributed by atoms with Gasteiger partial charge < -0.3 is 0 Å². The number of hydrogen-bond donors (Lipinski definition) is 2. The monoisotopic (exact) mass is 319 g/mol. The number of nitrogens with zero attached hydrogens (tertiary/aromatic N) is 4. The predicted octanol–water partition coefficient (Wildman–Crippen LogP) is 0.884. The van der Waals surface area contributed by atoms with Crippen LogP contribution in [0.3, 0.4) is 0 Å². The first kappa shape index (κ1) is 16.0. The van der Waals surface area contributed by atoms with Crippen LogP contribution in [-0.4, -0.2) is 20.8 Å². The van der Waals surface area contributed by atoms with Gasteiger partial charge in [-0.1, -0.05) is 11.6 Å². The number of hydrazine groups is 1. The molecule has 3 N–H and O–H groups in total. The molecule has 0 bridgehead atoms. The first-order chi connectivity index (χ1) is 9.70. The number of rotatable bonds is 4. The van der Waals surface area contributed by atoms with Crippen molar-refractivity contribution in [3.63, 3.8) is 0 Å². The van der Waals surface area contributed by atoms with Crippen LogP contribution in [0.4, 0.5) is 27.5 Å². The molecule has 0 atom stereocenters. The number of hydrogen-bond acceptors (Lipinski definition) is 8. The van der Waals surface area contributed by atoms with Crippen molar-refractivity contribution < 1.29 is 19.6 Å². The molecule has 0 aromatic heterocycles. The fourth-order valence-electron chi connectivity index (χ4n) is 1.29. The van der Waals surface area contributed by atoms with Crippen LogP contribution in [0, 0.1) is 30.3 Å². The number of urea groups is 1. The molecular formula is C7H4ClN6O7. The van der Waals surface area contributed by atoms with Gasteiger partial charge in [0.25, 0.3) is 0 Å². The van der Waals surface area contributed by atoms with Gasteiger partial charge in [-0.2, -0.15) is 5.32 Å². The summed E-state index contributed by atoms with van der Waals surface area (Å²) in [6, 6.07) is -0.982. The van der Waals surface area contributed by atoms with Gasteiger partial charge in [-0.25, -0.2) is 10.6 Å². The minimum Gasteiger partial charge on any atom is -0.274 e. The lowest BCUT2D eigenvalue weighted by Crippen LogP contribution is -2.34. The first-order valence-electron chi connectivity index (χ1n) is 4.72. The highest BCUT2D eigenvalue weighted by Gasteiger charge is 2.37. The van der Waals surface area contributed by atoms with Gasteiger partial charge in [-0.3, -0.25) is 35.8 Å². The summed E-state index contributed by atoms with van der Waals surface area (Å²) in [6.45, 7) is 0. The smallest absolute Gasteiger partial charge is 0.274 e. The number of carbonyl (C=O) groups is 1. The molecule has 0 heterocycles. The van der Waals surface area contributed by atoms with Crippen molar-refractivity contribution in [2.45, 2.75) is 0 Å². The third-order valence-corrected chi connectivity index (χ3v) is 2.46. The molecule has 0 unspecified atom stereocenters. The maximum Gasteiger partial charge on any atom is 0.356 e. The Bertz CT molecular complexity index is 661. The minimum atomic E-state index is -1.34. The first-order valence-corrected chi connectivity index (χ1v) is 5.10. The number of carbonyl (C=O) groups excluding carboxylic acids is 1. The highest BCUT2D eigenvalue weighted by molar-refractivity contribution is 6.35. The van der Waals surface area contributed by atoms with Crippen LogP contribution in [0.25, 0.3) is 0 Å². The molecule has 0 aliphatic heterocycles.